The summed E-state index contributed by atoms with van der Waals surface area (Å²) in [5.41, 5.74) is 1.87. The fraction of sp³-hybridized carbons (Fsp3) is 0.0233. The first-order valence-corrected chi connectivity index (χ1v) is 29.8. The van der Waals surface area contributed by atoms with Gasteiger partial charge in [0.25, 0.3) is 40.5 Å². The molecule has 0 aliphatic carbocycles. The first-order valence-electron chi connectivity index (χ1n) is 21.6. The summed E-state index contributed by atoms with van der Waals surface area (Å²) in [6, 6.07) is 19.8. The van der Waals surface area contributed by atoms with Gasteiger partial charge in [0.1, 0.15) is 65.1 Å². The molecule has 84 heavy (non-hydrogen) atoms. The van der Waals surface area contributed by atoms with Gasteiger partial charge in [-0.15, -0.1) is 57.1 Å². The second kappa shape index (κ2) is 25.7. The molecule has 0 aromatic heterocycles. The highest BCUT2D eigenvalue weighted by atomic mass is 32.2. The van der Waals surface area contributed by atoms with Crippen LogP contribution >= 0.6 is 24.1 Å². The van der Waals surface area contributed by atoms with Gasteiger partial charge in [-0.3, -0.25) is 18.2 Å². The van der Waals surface area contributed by atoms with Crippen LogP contribution in [0.25, 0.3) is 32.3 Å². The lowest BCUT2D eigenvalue weighted by Crippen LogP contribution is -2.03. The molecule has 0 saturated heterocycles. The normalized spacial score (nSPS) is 12.6. The number of azo groups is 4. The van der Waals surface area contributed by atoms with E-state index in [2.05, 4.69) is 59.7 Å². The molecule has 0 radical (unpaired) electrons. The van der Waals surface area contributed by atoms with Crippen molar-refractivity contribution in [3.8, 4) is 23.0 Å². The van der Waals surface area contributed by atoms with Gasteiger partial charge >= 0.3 is 10.6 Å². The van der Waals surface area contributed by atoms with E-state index >= 15 is 0 Å². The number of hydrogen-bond donors (Lipinski definition) is 10. The van der Waals surface area contributed by atoms with Crippen LogP contribution in [0.15, 0.2) is 173 Å². The number of nitrogen functional groups attached to an aromatic ring is 1. The molecule has 0 aliphatic heterocycles. The van der Waals surface area contributed by atoms with E-state index in [0.29, 0.717) is 30.2 Å². The second-order valence-electron chi connectivity index (χ2n) is 15.9. The van der Waals surface area contributed by atoms with Crippen molar-refractivity contribution in [2.45, 2.75) is 29.4 Å². The summed E-state index contributed by atoms with van der Waals surface area (Å²) in [5.74, 6) is -2.20. The quantitative estimate of drug-likeness (QED) is 0.00898. The maximum atomic E-state index is 13.1. The minimum absolute atomic E-state index is 0.0395. The molecule has 41 heteroatoms. The van der Waals surface area contributed by atoms with E-state index in [0.717, 1.165) is 30.3 Å². The Balaban J connectivity index is 0.00000245. The summed E-state index contributed by atoms with van der Waals surface area (Å²) in [5, 5.41) is 88.5. The van der Waals surface area contributed by atoms with Crippen molar-refractivity contribution in [2.75, 3.05) is 12.8 Å². The standard InChI is InChI=1S/C43H31N9O22S6.O3S/c1-70-22-8-12-26(30(17-22)75-73-71-56)46-52-39-34(79(64,65)66)18-25-24(41(39)54)10-13-29(43(25)80(67,68)69)49-51-38-33(78(61,62)63)16-19-6-11-28(42(55)35(19)36(38)44)48-45-21-7-9-23-20(14-21)15-31(76-74-72-57)37(40(23)53)50-47-27-4-2-3-5-32(27)77(58,59)60;1-4(2)3/h2-18,53-57H,44H2,1H3,(H,58,59,60)(H,61,62,63)(H,64,65,66)(H,67,68,69);. The van der Waals surface area contributed by atoms with E-state index in [1.807, 2.05) is 0 Å². The number of methoxy groups -OCH3 is 1. The summed E-state index contributed by atoms with van der Waals surface area (Å²) in [6.45, 7) is 0. The van der Waals surface area contributed by atoms with Gasteiger partial charge in [0.2, 0.25) is 0 Å². The number of anilines is 1. The third-order valence-electron chi connectivity index (χ3n) is 10.9. The van der Waals surface area contributed by atoms with Gasteiger partial charge in [0.15, 0.2) is 17.2 Å². The molecule has 0 saturated carbocycles. The number of fused-ring (bicyclic) bond motifs is 3. The summed E-state index contributed by atoms with van der Waals surface area (Å²) >= 11 is 0.727. The van der Waals surface area contributed by atoms with Gasteiger partial charge < -0.3 is 25.8 Å². The minimum atomic E-state index is -5.58. The van der Waals surface area contributed by atoms with E-state index in [-0.39, 0.29) is 65.5 Å². The fourth-order valence-corrected chi connectivity index (χ4v) is 11.2. The van der Waals surface area contributed by atoms with Gasteiger partial charge in [-0.25, -0.2) is 10.5 Å². The Morgan fingerprint density at radius 2 is 1.01 bits per heavy atom. The largest absolute Gasteiger partial charge is 0.505 e. The number of aromatic hydroxyl groups is 3. The van der Waals surface area contributed by atoms with E-state index < -0.39 is 121 Å². The lowest BCUT2D eigenvalue weighted by Gasteiger charge is -2.13. The lowest BCUT2D eigenvalue weighted by molar-refractivity contribution is -0.432. The molecule has 0 aliphatic rings. The van der Waals surface area contributed by atoms with Crippen LogP contribution in [0.4, 0.5) is 51.2 Å². The predicted octanol–water partition coefficient (Wildman–Crippen LogP) is 10.4. The van der Waals surface area contributed by atoms with Crippen LogP contribution in [0.3, 0.4) is 0 Å². The molecular weight excluding hydrogens is 1270 g/mol. The van der Waals surface area contributed by atoms with Gasteiger partial charge in [0, 0.05) is 16.2 Å². The molecule has 0 amide bonds. The molecule has 8 rings (SSSR count). The molecule has 8 aromatic rings. The topological polar surface area (TPSA) is 541 Å². The zero-order valence-electron chi connectivity index (χ0n) is 40.9. The highest BCUT2D eigenvalue weighted by molar-refractivity contribution is 7.95. The number of hydrogen-bond acceptors (Lipinski definition) is 32. The summed E-state index contributed by atoms with van der Waals surface area (Å²) in [7, 11) is -22.9. The maximum Gasteiger partial charge on any atom is 0.425 e. The van der Waals surface area contributed by atoms with E-state index in [1.54, 1.807) is 0 Å². The average Bonchev–Trinajstić information content (AvgIpc) is 1.02. The average molecular weight is 1300 g/mol. The Morgan fingerprint density at radius 1 is 0.476 bits per heavy atom. The minimum Gasteiger partial charge on any atom is -0.505 e. The van der Waals surface area contributed by atoms with Crippen molar-refractivity contribution >= 4 is 159 Å². The summed E-state index contributed by atoms with van der Waals surface area (Å²) in [4.78, 5) is -4.23. The molecule has 0 atom stereocenters. The van der Waals surface area contributed by atoms with Gasteiger partial charge in [-0.2, -0.15) is 38.8 Å². The third kappa shape index (κ3) is 14.3. The van der Waals surface area contributed by atoms with Crippen LogP contribution in [0.5, 0.6) is 23.0 Å². The molecule has 0 spiro atoms. The number of rotatable bonds is 19. The Labute approximate surface area is 479 Å². The smallest absolute Gasteiger partial charge is 0.425 e. The number of ether oxygens (including phenoxy) is 1. The zero-order chi connectivity index (χ0) is 61.6. The number of phenols is 3. The van der Waals surface area contributed by atoms with Gasteiger partial charge in [-0.05, 0) is 95.7 Å². The Kier molecular flexibility index (Phi) is 19.3. The molecule has 8 aromatic carbocycles. The summed E-state index contributed by atoms with van der Waals surface area (Å²) in [6.07, 6.45) is 0. The summed E-state index contributed by atoms with van der Waals surface area (Å²) < 4.78 is 181. The van der Waals surface area contributed by atoms with E-state index in [1.165, 1.54) is 73.8 Å². The van der Waals surface area contributed by atoms with Crippen molar-refractivity contribution in [1.29, 1.82) is 0 Å². The van der Waals surface area contributed by atoms with Crippen molar-refractivity contribution < 1.29 is 114 Å². The van der Waals surface area contributed by atoms with Crippen LogP contribution in [-0.4, -0.2) is 97.5 Å². The molecule has 440 valence electrons. The monoisotopic (exact) mass is 1300 g/mol. The van der Waals surface area contributed by atoms with Gasteiger partial charge in [0.05, 0.1) is 57.7 Å². The first kappa shape index (κ1) is 63.2. The molecule has 11 N–H and O–H groups in total. The number of phenolic OH excluding ortho intramolecular Hbond substituents is 3. The molecule has 0 unspecified atom stereocenters. The predicted molar refractivity (Wildman–Crippen MR) is 288 cm³/mol. The van der Waals surface area contributed by atoms with Crippen LogP contribution in [0.1, 0.15) is 0 Å². The van der Waals surface area contributed by atoms with Crippen LogP contribution in [0, 0.1) is 0 Å². The zero-order valence-corrected chi connectivity index (χ0v) is 46.6. The fourth-order valence-electron chi connectivity index (χ4n) is 7.48. The Bertz CT molecular complexity index is 4710. The second-order valence-corrected chi connectivity index (χ2v) is 23.3. The maximum absolute atomic E-state index is 13.1. The first-order chi connectivity index (χ1) is 39.5. The van der Waals surface area contributed by atoms with E-state index in [9.17, 15) is 67.2 Å². The van der Waals surface area contributed by atoms with Crippen LogP contribution < -0.4 is 10.5 Å². The molecule has 0 fully saturated rings. The molecule has 0 heterocycles. The number of nitrogens with two attached hydrogens (primary N) is 1. The third-order valence-corrected chi connectivity index (χ3v) is 15.7. The van der Waals surface area contributed by atoms with Crippen LogP contribution in [0.2, 0.25) is 0 Å². The van der Waals surface area contributed by atoms with Crippen LogP contribution in [-0.2, 0) is 69.8 Å². The van der Waals surface area contributed by atoms with Gasteiger partial charge in [-0.1, -0.05) is 28.3 Å². The number of nitrogens with zero attached hydrogens (tertiary/aromatic N) is 8. The SMILES string of the molecule is COc1ccc(N=Nc2c(S(=O)(=O)O)cc3c(S(=O)(=O)O)c(N=Nc4c(S(=O)(=O)O)cc5ccc(N=Nc6ccc7c(O)c(N=Nc8ccccc8S(=O)(=O)O)c(SOOO)cc7c6)c(O)c5c4N)ccc3c2O)c(SOOO)c1.O=S(=O)=O. The van der Waals surface area contributed by atoms with Crippen molar-refractivity contribution in [2.24, 2.45) is 40.9 Å². The molecule has 0 bridgehead atoms. The lowest BCUT2D eigenvalue weighted by atomic mass is 10.1. The Hall–Kier alpha value is -8.34. The Morgan fingerprint density at radius 3 is 1.64 bits per heavy atom. The molecular formula is C43H31N9O25S7. The van der Waals surface area contributed by atoms with Crippen molar-refractivity contribution in [3.63, 3.8) is 0 Å². The van der Waals surface area contributed by atoms with Crippen molar-refractivity contribution in [3.05, 3.63) is 103 Å². The highest BCUT2D eigenvalue weighted by Gasteiger charge is 2.29. The highest BCUT2D eigenvalue weighted by Crippen LogP contribution is 2.50. The number of benzene rings is 8. The molecule has 34 nitrogen and oxygen atoms in total. The van der Waals surface area contributed by atoms with E-state index in [4.69, 9.17) is 33.6 Å². The van der Waals surface area contributed by atoms with Crippen molar-refractivity contribution in [1.82, 2.24) is 0 Å².